The molecule has 0 bridgehead atoms. The molecule has 6 nitrogen and oxygen atoms in total. The van der Waals surface area contributed by atoms with Gasteiger partial charge in [0.1, 0.15) is 0 Å². The monoisotopic (exact) mass is 399 g/mol. The Labute approximate surface area is 169 Å². The van der Waals surface area contributed by atoms with E-state index in [-0.39, 0.29) is 11.3 Å². The van der Waals surface area contributed by atoms with Gasteiger partial charge in [0, 0.05) is 25.3 Å². The van der Waals surface area contributed by atoms with Gasteiger partial charge >= 0.3 is 0 Å². The number of amides is 1. The van der Waals surface area contributed by atoms with Crippen molar-refractivity contribution in [1.29, 1.82) is 0 Å². The number of likely N-dealkylation sites (tertiary alicyclic amines) is 1. The van der Waals surface area contributed by atoms with Crippen molar-refractivity contribution in [1.82, 2.24) is 9.80 Å². The highest BCUT2D eigenvalue weighted by atomic mass is 32.2. The number of aliphatic imine (C=N–C) groups is 1. The normalized spacial score (nSPS) is 26.0. The molecule has 4 heterocycles. The summed E-state index contributed by atoms with van der Waals surface area (Å²) in [6.45, 7) is 7.98. The molecule has 4 aliphatic rings. The van der Waals surface area contributed by atoms with E-state index in [1.54, 1.807) is 11.8 Å². The van der Waals surface area contributed by atoms with E-state index in [0.717, 1.165) is 72.7 Å². The fraction of sp³-hybridized carbons (Fsp3) is 0.524. The third-order valence-electron chi connectivity index (χ3n) is 6.06. The van der Waals surface area contributed by atoms with Gasteiger partial charge in [0.15, 0.2) is 16.7 Å². The van der Waals surface area contributed by atoms with Gasteiger partial charge in [0.25, 0.3) is 5.91 Å². The van der Waals surface area contributed by atoms with Crippen LogP contribution < -0.4 is 9.47 Å². The summed E-state index contributed by atoms with van der Waals surface area (Å²) in [6, 6.07) is 6.19. The van der Waals surface area contributed by atoms with Crippen LogP contribution in [0.1, 0.15) is 32.3 Å². The number of benzene rings is 1. The molecule has 28 heavy (non-hydrogen) atoms. The van der Waals surface area contributed by atoms with Gasteiger partial charge in [-0.3, -0.25) is 9.79 Å². The number of carbonyl (C=O) groups excluding carboxylic acids is 1. The second-order valence-electron chi connectivity index (χ2n) is 8.34. The molecular formula is C21H25N3O3S. The summed E-state index contributed by atoms with van der Waals surface area (Å²) in [7, 11) is 0. The number of fused-ring (bicyclic) bond motifs is 2. The van der Waals surface area contributed by atoms with Crippen LogP contribution in [-0.2, 0) is 11.2 Å². The molecule has 0 radical (unpaired) electrons. The Morgan fingerprint density at radius 3 is 3.00 bits per heavy atom. The molecule has 1 aromatic carbocycles. The molecule has 1 aromatic rings. The van der Waals surface area contributed by atoms with Gasteiger partial charge in [-0.25, -0.2) is 0 Å². The molecule has 4 aliphatic heterocycles. The van der Waals surface area contributed by atoms with Crippen molar-refractivity contribution >= 4 is 22.8 Å². The number of thioether (sulfide) groups is 1. The smallest absolute Gasteiger partial charge is 0.262 e. The topological polar surface area (TPSA) is 54.4 Å². The number of piperidine rings is 1. The first-order valence-corrected chi connectivity index (χ1v) is 10.7. The van der Waals surface area contributed by atoms with Gasteiger partial charge in [-0.1, -0.05) is 13.0 Å². The van der Waals surface area contributed by atoms with E-state index in [9.17, 15) is 4.79 Å². The van der Waals surface area contributed by atoms with E-state index < -0.39 is 0 Å². The van der Waals surface area contributed by atoms with Crippen LogP contribution in [0, 0.1) is 5.41 Å². The van der Waals surface area contributed by atoms with Crippen LogP contribution in [0.15, 0.2) is 33.8 Å². The van der Waals surface area contributed by atoms with E-state index in [2.05, 4.69) is 28.9 Å². The SMILES string of the molecule is CC1=C(C(=O)N2CCC[C@@](C)(Cc3ccc4c(c3)OCO4)C2)SC2=NCCN21. The number of hydrogen-bond donors (Lipinski definition) is 0. The fourth-order valence-electron chi connectivity index (χ4n) is 4.63. The molecule has 0 N–H and O–H groups in total. The second-order valence-corrected chi connectivity index (χ2v) is 9.32. The summed E-state index contributed by atoms with van der Waals surface area (Å²) in [5.74, 6) is 1.81. The Morgan fingerprint density at radius 1 is 1.29 bits per heavy atom. The number of amidine groups is 1. The fourth-order valence-corrected chi connectivity index (χ4v) is 5.78. The summed E-state index contributed by atoms with van der Waals surface area (Å²) in [5, 5.41) is 0.987. The summed E-state index contributed by atoms with van der Waals surface area (Å²) in [4.78, 5) is 22.8. The van der Waals surface area contributed by atoms with Crippen LogP contribution in [0.25, 0.3) is 0 Å². The lowest BCUT2D eigenvalue weighted by molar-refractivity contribution is -0.129. The van der Waals surface area contributed by atoms with E-state index >= 15 is 0 Å². The average Bonchev–Trinajstić information content (AvgIpc) is 3.38. The van der Waals surface area contributed by atoms with Crippen molar-refractivity contribution < 1.29 is 14.3 Å². The lowest BCUT2D eigenvalue weighted by atomic mass is 9.77. The molecule has 0 saturated carbocycles. The Bertz CT molecular complexity index is 897. The van der Waals surface area contributed by atoms with Crippen LogP contribution in [-0.4, -0.2) is 53.8 Å². The first kappa shape index (κ1) is 17.9. The molecular weight excluding hydrogens is 374 g/mol. The van der Waals surface area contributed by atoms with Gasteiger partial charge in [0.05, 0.1) is 11.4 Å². The Morgan fingerprint density at radius 2 is 2.14 bits per heavy atom. The highest BCUT2D eigenvalue weighted by molar-refractivity contribution is 8.18. The van der Waals surface area contributed by atoms with Crippen LogP contribution in [0.4, 0.5) is 0 Å². The minimum atomic E-state index is 0.0625. The first-order valence-electron chi connectivity index (χ1n) is 9.91. The molecule has 5 rings (SSSR count). The average molecular weight is 400 g/mol. The van der Waals surface area contributed by atoms with Crippen LogP contribution >= 0.6 is 11.8 Å². The molecule has 7 heteroatoms. The molecule has 1 saturated heterocycles. The molecule has 1 amide bonds. The maximum atomic E-state index is 13.3. The Hall–Kier alpha value is -2.15. The van der Waals surface area contributed by atoms with Crippen LogP contribution in [0.5, 0.6) is 11.5 Å². The lowest BCUT2D eigenvalue weighted by Crippen LogP contribution is -2.46. The summed E-state index contributed by atoms with van der Waals surface area (Å²) >= 11 is 1.54. The van der Waals surface area contributed by atoms with Crippen LogP contribution in [0.3, 0.4) is 0 Å². The summed E-state index contributed by atoms with van der Waals surface area (Å²) in [5.41, 5.74) is 2.36. The molecule has 0 aliphatic carbocycles. The number of carbonyl (C=O) groups is 1. The minimum absolute atomic E-state index is 0.0625. The highest BCUT2D eigenvalue weighted by Crippen LogP contribution is 2.41. The number of hydrogen-bond acceptors (Lipinski definition) is 6. The van der Waals surface area contributed by atoms with Crippen molar-refractivity contribution in [2.24, 2.45) is 10.4 Å². The van der Waals surface area contributed by atoms with Crippen molar-refractivity contribution in [2.45, 2.75) is 33.1 Å². The predicted molar refractivity (Wildman–Crippen MR) is 109 cm³/mol. The second kappa shape index (κ2) is 6.72. The molecule has 0 unspecified atom stereocenters. The third kappa shape index (κ3) is 3.05. The Kier molecular flexibility index (Phi) is 4.30. The minimum Gasteiger partial charge on any atom is -0.454 e. The first-order chi connectivity index (χ1) is 13.5. The molecule has 148 valence electrons. The van der Waals surface area contributed by atoms with Crippen molar-refractivity contribution in [3.05, 3.63) is 34.4 Å². The predicted octanol–water partition coefficient (Wildman–Crippen LogP) is 3.24. The molecule has 0 spiro atoms. The zero-order valence-corrected chi connectivity index (χ0v) is 17.2. The maximum Gasteiger partial charge on any atom is 0.262 e. The lowest BCUT2D eigenvalue weighted by Gasteiger charge is -2.41. The van der Waals surface area contributed by atoms with E-state index in [0.29, 0.717) is 6.79 Å². The molecule has 1 fully saturated rings. The van der Waals surface area contributed by atoms with Crippen LogP contribution in [0.2, 0.25) is 0 Å². The van der Waals surface area contributed by atoms with Gasteiger partial charge in [-0.05, 0) is 61.1 Å². The highest BCUT2D eigenvalue weighted by Gasteiger charge is 2.39. The largest absolute Gasteiger partial charge is 0.454 e. The zero-order chi connectivity index (χ0) is 19.3. The quantitative estimate of drug-likeness (QED) is 0.781. The van der Waals surface area contributed by atoms with Gasteiger partial charge in [0.2, 0.25) is 6.79 Å². The van der Waals surface area contributed by atoms with Gasteiger partial charge < -0.3 is 19.3 Å². The maximum absolute atomic E-state index is 13.3. The Balaban J connectivity index is 1.31. The number of ether oxygens (including phenoxy) is 2. The third-order valence-corrected chi connectivity index (χ3v) is 7.26. The van der Waals surface area contributed by atoms with E-state index in [4.69, 9.17) is 9.47 Å². The summed E-state index contributed by atoms with van der Waals surface area (Å²) in [6.07, 6.45) is 3.08. The van der Waals surface area contributed by atoms with Gasteiger partial charge in [-0.15, -0.1) is 0 Å². The number of rotatable bonds is 3. The standard InChI is InChI=1S/C21H25N3O3S/c1-14-18(28-20-22-7-9-24(14)20)19(25)23-8-3-6-21(2,12-23)11-15-4-5-16-17(10-15)27-13-26-16/h4-5,10H,3,6-9,11-13H2,1-2H3/t21-/m0/s1. The molecule has 1 atom stereocenters. The summed E-state index contributed by atoms with van der Waals surface area (Å²) < 4.78 is 10.9. The van der Waals surface area contributed by atoms with Crippen molar-refractivity contribution in [3.8, 4) is 11.5 Å². The zero-order valence-electron chi connectivity index (χ0n) is 16.4. The number of nitrogens with zero attached hydrogens (tertiary/aromatic N) is 3. The van der Waals surface area contributed by atoms with Crippen molar-refractivity contribution in [3.63, 3.8) is 0 Å². The van der Waals surface area contributed by atoms with E-state index in [1.807, 2.05) is 17.9 Å². The molecule has 0 aromatic heterocycles. The van der Waals surface area contributed by atoms with Crippen molar-refractivity contribution in [2.75, 3.05) is 33.0 Å². The van der Waals surface area contributed by atoms with E-state index in [1.165, 1.54) is 5.56 Å². The number of allylic oxidation sites excluding steroid dienone is 1. The van der Waals surface area contributed by atoms with Gasteiger partial charge in [-0.2, -0.15) is 0 Å².